The highest BCUT2D eigenvalue weighted by atomic mass is 16.5. The molecule has 2 heterocycles. The van der Waals surface area contributed by atoms with Crippen molar-refractivity contribution < 1.29 is 9.32 Å². The van der Waals surface area contributed by atoms with Crippen molar-refractivity contribution in [2.24, 2.45) is 0 Å². The van der Waals surface area contributed by atoms with Crippen LogP contribution in [0.5, 0.6) is 0 Å². The second kappa shape index (κ2) is 6.24. The van der Waals surface area contributed by atoms with Crippen LogP contribution in [0.2, 0.25) is 0 Å². The van der Waals surface area contributed by atoms with Gasteiger partial charge in [0.1, 0.15) is 0 Å². The van der Waals surface area contributed by atoms with Gasteiger partial charge < -0.3 is 4.52 Å². The highest BCUT2D eigenvalue weighted by Gasteiger charge is 2.30. The molecule has 1 aromatic carbocycles. The van der Waals surface area contributed by atoms with E-state index in [1.54, 1.807) is 31.3 Å². The Morgan fingerprint density at radius 1 is 1.17 bits per heavy atom. The van der Waals surface area contributed by atoms with Gasteiger partial charge in [0, 0.05) is 11.8 Å². The van der Waals surface area contributed by atoms with Crippen LogP contribution >= 0.6 is 0 Å². The molecule has 0 amide bonds. The van der Waals surface area contributed by atoms with Gasteiger partial charge in [0.2, 0.25) is 0 Å². The van der Waals surface area contributed by atoms with Crippen molar-refractivity contribution in [1.82, 2.24) is 10.1 Å². The van der Waals surface area contributed by atoms with E-state index in [1.165, 1.54) is 0 Å². The zero-order valence-corrected chi connectivity index (χ0v) is 12.4. The molecular formula is C18H13N3O2. The fourth-order valence-electron chi connectivity index (χ4n) is 2.40. The lowest BCUT2D eigenvalue weighted by atomic mass is 9.92. The summed E-state index contributed by atoms with van der Waals surface area (Å²) < 4.78 is 5.33. The summed E-state index contributed by atoms with van der Waals surface area (Å²) >= 11 is 0. The van der Waals surface area contributed by atoms with E-state index in [1.807, 2.05) is 36.4 Å². The molecule has 3 rings (SSSR count). The third-order valence-corrected chi connectivity index (χ3v) is 3.52. The van der Waals surface area contributed by atoms with Crippen molar-refractivity contribution in [3.05, 3.63) is 71.7 Å². The van der Waals surface area contributed by atoms with E-state index in [9.17, 15) is 10.1 Å². The standard InChI is InChI=1S/C18H13N3O2/c1-12-16(18(23-21-12)13-7-3-2-4-8-13)17(22)14(11-19)15-9-5-6-10-20-15/h2-10,14H,1H3/t14-/m1/s1. The second-order valence-corrected chi connectivity index (χ2v) is 5.02. The predicted molar refractivity (Wildman–Crippen MR) is 83.6 cm³/mol. The molecule has 23 heavy (non-hydrogen) atoms. The summed E-state index contributed by atoms with van der Waals surface area (Å²) in [7, 11) is 0. The zero-order valence-electron chi connectivity index (χ0n) is 12.4. The highest BCUT2D eigenvalue weighted by molar-refractivity contribution is 6.07. The topological polar surface area (TPSA) is 79.8 Å². The van der Waals surface area contributed by atoms with Gasteiger partial charge in [-0.1, -0.05) is 41.6 Å². The number of aryl methyl sites for hydroxylation is 1. The van der Waals surface area contributed by atoms with E-state index in [0.717, 1.165) is 5.56 Å². The second-order valence-electron chi connectivity index (χ2n) is 5.02. The summed E-state index contributed by atoms with van der Waals surface area (Å²) in [5.41, 5.74) is 1.95. The van der Waals surface area contributed by atoms with Gasteiger partial charge in [-0.05, 0) is 19.1 Å². The summed E-state index contributed by atoms with van der Waals surface area (Å²) in [6.07, 6.45) is 1.56. The number of nitriles is 1. The van der Waals surface area contributed by atoms with Crippen LogP contribution in [0.15, 0.2) is 59.3 Å². The first kappa shape index (κ1) is 14.7. The van der Waals surface area contributed by atoms with Crippen LogP contribution in [0.1, 0.15) is 27.7 Å². The molecule has 1 atom stereocenters. The molecule has 5 nitrogen and oxygen atoms in total. The van der Waals surface area contributed by atoms with E-state index < -0.39 is 5.92 Å². The van der Waals surface area contributed by atoms with Crippen molar-refractivity contribution in [3.8, 4) is 17.4 Å². The first-order chi connectivity index (χ1) is 11.2. The molecular weight excluding hydrogens is 290 g/mol. The maximum atomic E-state index is 12.9. The van der Waals surface area contributed by atoms with Gasteiger partial charge in [0.15, 0.2) is 17.5 Å². The number of benzene rings is 1. The van der Waals surface area contributed by atoms with Gasteiger partial charge in [-0.3, -0.25) is 9.78 Å². The fourth-order valence-corrected chi connectivity index (χ4v) is 2.40. The van der Waals surface area contributed by atoms with Crippen molar-refractivity contribution in [1.29, 1.82) is 5.26 Å². The Morgan fingerprint density at radius 2 is 1.91 bits per heavy atom. The Labute approximate surface area is 133 Å². The number of ketones is 1. The Hall–Kier alpha value is -3.26. The largest absolute Gasteiger partial charge is 0.355 e. The van der Waals surface area contributed by atoms with Gasteiger partial charge in [0.05, 0.1) is 23.0 Å². The molecule has 0 aliphatic heterocycles. The number of nitrogens with zero attached hydrogens (tertiary/aromatic N) is 3. The Bertz CT molecular complexity index is 864. The maximum Gasteiger partial charge on any atom is 0.191 e. The minimum absolute atomic E-state index is 0.327. The van der Waals surface area contributed by atoms with Gasteiger partial charge in [-0.15, -0.1) is 0 Å². The zero-order chi connectivity index (χ0) is 16.2. The van der Waals surface area contributed by atoms with Crippen LogP contribution in [0, 0.1) is 18.3 Å². The van der Waals surface area contributed by atoms with Crippen LogP contribution in [0.3, 0.4) is 0 Å². The molecule has 0 saturated carbocycles. The lowest BCUT2D eigenvalue weighted by Gasteiger charge is -2.08. The van der Waals surface area contributed by atoms with Gasteiger partial charge in [0.25, 0.3) is 0 Å². The molecule has 0 spiro atoms. The van der Waals surface area contributed by atoms with Crippen molar-refractivity contribution in [2.45, 2.75) is 12.8 Å². The van der Waals surface area contributed by atoms with Crippen molar-refractivity contribution in [3.63, 3.8) is 0 Å². The first-order valence-corrected chi connectivity index (χ1v) is 7.09. The lowest BCUT2D eigenvalue weighted by molar-refractivity contribution is 0.0977. The quantitative estimate of drug-likeness (QED) is 0.689. The van der Waals surface area contributed by atoms with Crippen LogP contribution in [-0.4, -0.2) is 15.9 Å². The molecule has 0 fully saturated rings. The lowest BCUT2D eigenvalue weighted by Crippen LogP contribution is -2.14. The minimum atomic E-state index is -0.989. The smallest absolute Gasteiger partial charge is 0.191 e. The van der Waals surface area contributed by atoms with Crippen LogP contribution in [-0.2, 0) is 0 Å². The van der Waals surface area contributed by atoms with Gasteiger partial charge >= 0.3 is 0 Å². The molecule has 0 unspecified atom stereocenters. The first-order valence-electron chi connectivity index (χ1n) is 7.09. The van der Waals surface area contributed by atoms with Crippen LogP contribution in [0.25, 0.3) is 11.3 Å². The summed E-state index contributed by atoms with van der Waals surface area (Å²) in [5.74, 6) is -0.968. The molecule has 0 bridgehead atoms. The minimum Gasteiger partial charge on any atom is -0.355 e. The van der Waals surface area contributed by atoms with Crippen LogP contribution < -0.4 is 0 Å². The van der Waals surface area contributed by atoms with E-state index in [4.69, 9.17) is 4.52 Å². The molecule has 0 aliphatic rings. The molecule has 3 aromatic rings. The van der Waals surface area contributed by atoms with Crippen LogP contribution in [0.4, 0.5) is 0 Å². The number of pyridine rings is 1. The molecule has 0 radical (unpaired) electrons. The number of Topliss-reactive ketones (excluding diaryl/α,β-unsaturated/α-hetero) is 1. The van der Waals surface area contributed by atoms with E-state index in [-0.39, 0.29) is 5.78 Å². The molecule has 2 aromatic heterocycles. The fraction of sp³-hybridized carbons (Fsp3) is 0.111. The third kappa shape index (κ3) is 2.74. The maximum absolute atomic E-state index is 12.9. The SMILES string of the molecule is Cc1noc(-c2ccccc2)c1C(=O)[C@H](C#N)c1ccccn1. The van der Waals surface area contributed by atoms with Gasteiger partial charge in [-0.2, -0.15) is 5.26 Å². The third-order valence-electron chi connectivity index (χ3n) is 3.52. The Morgan fingerprint density at radius 3 is 2.57 bits per heavy atom. The Balaban J connectivity index is 2.07. The molecule has 0 aliphatic carbocycles. The Kier molecular flexibility index (Phi) is 3.98. The van der Waals surface area contributed by atoms with E-state index in [0.29, 0.717) is 22.7 Å². The molecule has 0 N–H and O–H groups in total. The monoisotopic (exact) mass is 303 g/mol. The average molecular weight is 303 g/mol. The van der Waals surface area contributed by atoms with Gasteiger partial charge in [-0.25, -0.2) is 0 Å². The highest BCUT2D eigenvalue weighted by Crippen LogP contribution is 2.30. The number of aromatic nitrogens is 2. The number of carbonyl (C=O) groups excluding carboxylic acids is 1. The summed E-state index contributed by atoms with van der Waals surface area (Å²) in [6, 6.07) is 16.4. The number of hydrogen-bond donors (Lipinski definition) is 0. The summed E-state index contributed by atoms with van der Waals surface area (Å²) in [4.78, 5) is 17.0. The normalized spacial score (nSPS) is 11.7. The average Bonchev–Trinajstić information content (AvgIpc) is 2.99. The van der Waals surface area contributed by atoms with Crippen molar-refractivity contribution >= 4 is 5.78 Å². The molecule has 0 saturated heterocycles. The predicted octanol–water partition coefficient (Wildman–Crippen LogP) is 3.54. The number of rotatable bonds is 4. The van der Waals surface area contributed by atoms with E-state index >= 15 is 0 Å². The van der Waals surface area contributed by atoms with E-state index in [2.05, 4.69) is 10.1 Å². The summed E-state index contributed by atoms with van der Waals surface area (Å²) in [5, 5.41) is 13.3. The van der Waals surface area contributed by atoms with Crippen molar-refractivity contribution in [2.75, 3.05) is 0 Å². The number of carbonyl (C=O) groups is 1. The number of hydrogen-bond acceptors (Lipinski definition) is 5. The summed E-state index contributed by atoms with van der Waals surface area (Å²) in [6.45, 7) is 1.69. The molecule has 5 heteroatoms. The molecule has 112 valence electrons.